The fraction of sp³-hybridized carbons (Fsp3) is 0.579. The van der Waals surface area contributed by atoms with Crippen LogP contribution < -0.4 is 5.32 Å². The van der Waals surface area contributed by atoms with Crippen LogP contribution in [0.2, 0.25) is 0 Å². The molecule has 0 bridgehead atoms. The molecule has 2 fully saturated rings. The maximum absolute atomic E-state index is 12.8. The van der Waals surface area contributed by atoms with Gasteiger partial charge in [-0.1, -0.05) is 6.42 Å². The summed E-state index contributed by atoms with van der Waals surface area (Å²) in [5.41, 5.74) is 0.756. The summed E-state index contributed by atoms with van der Waals surface area (Å²) < 4.78 is 38.3. The van der Waals surface area contributed by atoms with Gasteiger partial charge < -0.3 is 15.2 Å². The van der Waals surface area contributed by atoms with Crippen molar-refractivity contribution in [3.05, 3.63) is 29.6 Å². The average Bonchev–Trinajstić information content (AvgIpc) is 3.10. The molecule has 27 heavy (non-hydrogen) atoms. The Kier molecular flexibility index (Phi) is 4.84. The van der Waals surface area contributed by atoms with Gasteiger partial charge in [0.1, 0.15) is 0 Å². The van der Waals surface area contributed by atoms with Crippen molar-refractivity contribution in [2.24, 2.45) is 5.92 Å². The largest absolute Gasteiger partial charge is 0.449 e. The number of hydrogen-bond acceptors (Lipinski definition) is 3. The van der Waals surface area contributed by atoms with Crippen LogP contribution in [0, 0.1) is 5.92 Å². The minimum atomic E-state index is -4.53. The van der Waals surface area contributed by atoms with E-state index in [4.69, 9.17) is 0 Å². The van der Waals surface area contributed by atoms with Gasteiger partial charge in [-0.25, -0.2) is 4.98 Å². The lowest BCUT2D eigenvalue weighted by Crippen LogP contribution is -2.51. The summed E-state index contributed by atoms with van der Waals surface area (Å²) in [5, 5.41) is 2.98. The highest BCUT2D eigenvalue weighted by atomic mass is 19.4. The smallest absolute Gasteiger partial charge is 0.352 e. The van der Waals surface area contributed by atoms with Crippen LogP contribution in [0.4, 0.5) is 13.2 Å². The first-order valence-electron chi connectivity index (χ1n) is 9.51. The lowest BCUT2D eigenvalue weighted by atomic mass is 9.83. The van der Waals surface area contributed by atoms with Crippen molar-refractivity contribution < 1.29 is 18.0 Å². The number of aromatic nitrogens is 2. The standard InChI is InChI=1S/C19H23F3N4O/c20-19(21,22)18-24-14-7-6-12(10-15(14)25-18)17(27)23-11-13-4-3-9-26-8-2-1-5-16(13)26/h6-7,10,13,16H,1-5,8-9,11H2,(H,23,27)(H,24,25)/t13-,16+/m0/s1. The maximum atomic E-state index is 12.8. The van der Waals surface area contributed by atoms with Crippen molar-refractivity contribution in [1.29, 1.82) is 0 Å². The van der Waals surface area contributed by atoms with Gasteiger partial charge in [0.05, 0.1) is 11.0 Å². The molecule has 8 heteroatoms. The van der Waals surface area contributed by atoms with E-state index < -0.39 is 12.0 Å². The molecule has 0 radical (unpaired) electrons. The molecule has 1 amide bonds. The van der Waals surface area contributed by atoms with Gasteiger partial charge in [0.25, 0.3) is 5.91 Å². The van der Waals surface area contributed by atoms with Crippen LogP contribution in [0.25, 0.3) is 11.0 Å². The number of H-pyrrole nitrogens is 1. The molecular formula is C19H23F3N4O. The van der Waals surface area contributed by atoms with E-state index in [-0.39, 0.29) is 16.9 Å². The topological polar surface area (TPSA) is 61.0 Å². The first-order valence-corrected chi connectivity index (χ1v) is 9.51. The number of hydrogen-bond donors (Lipinski definition) is 2. The van der Waals surface area contributed by atoms with Gasteiger partial charge in [0.2, 0.25) is 5.82 Å². The van der Waals surface area contributed by atoms with Crippen molar-refractivity contribution >= 4 is 16.9 Å². The molecule has 4 rings (SSSR count). The lowest BCUT2D eigenvalue weighted by Gasteiger charge is -2.44. The van der Waals surface area contributed by atoms with E-state index in [0.717, 1.165) is 25.9 Å². The van der Waals surface area contributed by atoms with Crippen molar-refractivity contribution in [2.45, 2.75) is 44.3 Å². The number of nitrogens with one attached hydrogen (secondary N) is 2. The quantitative estimate of drug-likeness (QED) is 0.856. The number of halogens is 3. The zero-order chi connectivity index (χ0) is 19.0. The number of rotatable bonds is 3. The van der Waals surface area contributed by atoms with Crippen molar-refractivity contribution in [2.75, 3.05) is 19.6 Å². The zero-order valence-electron chi connectivity index (χ0n) is 15.0. The van der Waals surface area contributed by atoms with E-state index in [1.165, 1.54) is 37.5 Å². The summed E-state index contributed by atoms with van der Waals surface area (Å²) >= 11 is 0. The summed E-state index contributed by atoms with van der Waals surface area (Å²) in [6.45, 7) is 2.90. The van der Waals surface area contributed by atoms with Crippen LogP contribution in [0.1, 0.15) is 48.3 Å². The van der Waals surface area contributed by atoms with Gasteiger partial charge in [-0.15, -0.1) is 0 Å². The highest BCUT2D eigenvalue weighted by Gasteiger charge is 2.35. The molecule has 2 N–H and O–H groups in total. The van der Waals surface area contributed by atoms with Gasteiger partial charge in [-0.05, 0) is 62.9 Å². The van der Waals surface area contributed by atoms with E-state index in [0.29, 0.717) is 24.1 Å². The molecule has 5 nitrogen and oxygen atoms in total. The summed E-state index contributed by atoms with van der Waals surface area (Å²) in [5.74, 6) is -0.863. The van der Waals surface area contributed by atoms with Gasteiger partial charge in [-0.2, -0.15) is 13.2 Å². The third-order valence-corrected chi connectivity index (χ3v) is 5.77. The monoisotopic (exact) mass is 380 g/mol. The number of piperidine rings is 2. The molecule has 2 saturated heterocycles. The Bertz CT molecular complexity index is 830. The van der Waals surface area contributed by atoms with Gasteiger partial charge >= 0.3 is 6.18 Å². The van der Waals surface area contributed by atoms with Crippen LogP contribution in [0.5, 0.6) is 0 Å². The average molecular weight is 380 g/mol. The minimum Gasteiger partial charge on any atom is -0.352 e. The number of amides is 1. The molecule has 2 aliphatic rings. The van der Waals surface area contributed by atoms with Crippen molar-refractivity contribution in [3.63, 3.8) is 0 Å². The molecule has 1 aromatic carbocycles. The van der Waals surface area contributed by atoms with Gasteiger partial charge in [0, 0.05) is 18.2 Å². The number of aromatic amines is 1. The van der Waals surface area contributed by atoms with E-state index in [2.05, 4.69) is 20.2 Å². The number of carbonyl (C=O) groups is 1. The fourth-order valence-corrected chi connectivity index (χ4v) is 4.43. The number of fused-ring (bicyclic) bond motifs is 2. The molecular weight excluding hydrogens is 357 g/mol. The SMILES string of the molecule is O=C(NC[C@@H]1CCCN2CCCC[C@H]12)c1ccc2nc(C(F)(F)F)[nH]c2c1. The van der Waals surface area contributed by atoms with Crippen LogP contribution in [-0.4, -0.2) is 46.5 Å². The van der Waals surface area contributed by atoms with Crippen LogP contribution in [-0.2, 0) is 6.18 Å². The fourth-order valence-electron chi connectivity index (χ4n) is 4.43. The number of alkyl halides is 3. The molecule has 1 aromatic heterocycles. The highest BCUT2D eigenvalue weighted by Crippen LogP contribution is 2.31. The van der Waals surface area contributed by atoms with Gasteiger partial charge in [-0.3, -0.25) is 4.79 Å². The van der Waals surface area contributed by atoms with Crippen LogP contribution in [0.3, 0.4) is 0 Å². The Balaban J connectivity index is 1.43. The van der Waals surface area contributed by atoms with Crippen molar-refractivity contribution in [1.82, 2.24) is 20.2 Å². The highest BCUT2D eigenvalue weighted by molar-refractivity contribution is 5.97. The van der Waals surface area contributed by atoms with Crippen LogP contribution in [0.15, 0.2) is 18.2 Å². The molecule has 2 atom stereocenters. The zero-order valence-corrected chi connectivity index (χ0v) is 15.0. The number of imidazole rings is 1. The van der Waals surface area contributed by atoms with E-state index >= 15 is 0 Å². The third-order valence-electron chi connectivity index (χ3n) is 5.77. The number of carbonyl (C=O) groups excluding carboxylic acids is 1. The second-order valence-corrected chi connectivity index (χ2v) is 7.53. The maximum Gasteiger partial charge on any atom is 0.449 e. The Morgan fingerprint density at radius 3 is 2.85 bits per heavy atom. The predicted octanol–water partition coefficient (Wildman–Crippen LogP) is 3.58. The second kappa shape index (κ2) is 7.14. The number of benzene rings is 1. The van der Waals surface area contributed by atoms with E-state index in [1.54, 1.807) is 0 Å². The molecule has 3 heterocycles. The van der Waals surface area contributed by atoms with Gasteiger partial charge in [0.15, 0.2) is 0 Å². The Morgan fingerprint density at radius 1 is 1.22 bits per heavy atom. The Morgan fingerprint density at radius 2 is 2.04 bits per heavy atom. The lowest BCUT2D eigenvalue weighted by molar-refractivity contribution is -0.144. The number of nitrogens with zero attached hydrogens (tertiary/aromatic N) is 2. The summed E-state index contributed by atoms with van der Waals surface area (Å²) in [6, 6.07) is 4.93. The van der Waals surface area contributed by atoms with Crippen molar-refractivity contribution in [3.8, 4) is 0 Å². The summed E-state index contributed by atoms with van der Waals surface area (Å²) in [7, 11) is 0. The second-order valence-electron chi connectivity index (χ2n) is 7.53. The Hall–Kier alpha value is -2.09. The Labute approximate surface area is 155 Å². The molecule has 146 valence electrons. The molecule has 0 saturated carbocycles. The molecule has 2 aliphatic heterocycles. The molecule has 0 unspecified atom stereocenters. The first-order chi connectivity index (χ1) is 12.9. The molecule has 0 aliphatic carbocycles. The van der Waals surface area contributed by atoms with Crippen LogP contribution >= 0.6 is 0 Å². The third kappa shape index (κ3) is 3.81. The van der Waals surface area contributed by atoms with E-state index in [1.807, 2.05) is 0 Å². The molecule has 2 aromatic rings. The summed E-state index contributed by atoms with van der Waals surface area (Å²) in [6.07, 6.45) is 1.39. The minimum absolute atomic E-state index is 0.198. The predicted molar refractivity (Wildman–Crippen MR) is 95.4 cm³/mol. The normalized spacial score (nSPS) is 24.0. The summed E-state index contributed by atoms with van der Waals surface area (Å²) in [4.78, 5) is 20.8. The molecule has 0 spiro atoms. The first kappa shape index (κ1) is 18.3. The van der Waals surface area contributed by atoms with E-state index in [9.17, 15) is 18.0 Å².